The van der Waals surface area contributed by atoms with Gasteiger partial charge in [0.25, 0.3) is 0 Å². The van der Waals surface area contributed by atoms with Crippen molar-refractivity contribution in [3.8, 4) is 0 Å². The highest BCUT2D eigenvalue weighted by atomic mass is 19.4. The third-order valence-electron chi connectivity index (χ3n) is 6.74. The van der Waals surface area contributed by atoms with Crippen molar-refractivity contribution in [1.82, 2.24) is 10.2 Å². The molecule has 3 amide bonds. The Bertz CT molecular complexity index is 1050. The number of piperidine rings is 1. The van der Waals surface area contributed by atoms with E-state index in [4.69, 9.17) is 9.47 Å². The number of halogens is 6. The fourth-order valence-electron chi connectivity index (χ4n) is 4.76. The van der Waals surface area contributed by atoms with Gasteiger partial charge in [0.15, 0.2) is 0 Å². The molecule has 2 aliphatic rings. The van der Waals surface area contributed by atoms with E-state index in [2.05, 4.69) is 10.6 Å². The summed E-state index contributed by atoms with van der Waals surface area (Å²) in [6.45, 7) is 6.17. The number of carbonyl (C=O) groups is 3. The highest BCUT2D eigenvalue weighted by molar-refractivity contribution is 5.91. The van der Waals surface area contributed by atoms with Crippen LogP contribution in [0.15, 0.2) is 18.2 Å². The van der Waals surface area contributed by atoms with Crippen molar-refractivity contribution < 1.29 is 50.2 Å². The second-order valence-electron chi connectivity index (χ2n) is 11.1. The summed E-state index contributed by atoms with van der Waals surface area (Å²) in [6, 6.07) is 0.907. The number of hydrogen-bond donors (Lipinski definition) is 2. The minimum absolute atomic E-state index is 0.00866. The fraction of sp³-hybridized carbons (Fsp3) is 0.654. The molecule has 0 aromatic heterocycles. The highest BCUT2D eigenvalue weighted by Gasteiger charge is 2.45. The van der Waals surface area contributed by atoms with Crippen molar-refractivity contribution in [2.24, 2.45) is 5.92 Å². The second kappa shape index (κ2) is 11.8. The van der Waals surface area contributed by atoms with E-state index in [1.165, 1.54) is 0 Å². The maximum Gasteiger partial charge on any atom is 0.416 e. The van der Waals surface area contributed by atoms with Crippen LogP contribution in [0.4, 0.5) is 36.8 Å². The average molecular weight is 582 g/mol. The Morgan fingerprint density at radius 3 is 1.95 bits per heavy atom. The standard InChI is InChI=1S/C26H33F6N3O5/c1-23(2,3)40-22(38)34-24(6-10-39-11-7-24)21(37)35-8-4-16(5-9-35)12-20(36)33-19-14-17(25(27,28)29)13-18(15-19)26(30,31)32/h13-16H,4-12H2,1-3H3,(H,33,36)(H,34,38). The molecule has 8 nitrogen and oxygen atoms in total. The van der Waals surface area contributed by atoms with Crippen molar-refractivity contribution in [3.63, 3.8) is 0 Å². The summed E-state index contributed by atoms with van der Waals surface area (Å²) in [5, 5.41) is 4.88. The molecule has 40 heavy (non-hydrogen) atoms. The number of rotatable bonds is 5. The largest absolute Gasteiger partial charge is 0.444 e. The average Bonchev–Trinajstić information content (AvgIpc) is 2.82. The smallest absolute Gasteiger partial charge is 0.416 e. The van der Waals surface area contributed by atoms with Crippen LogP contribution in [0.3, 0.4) is 0 Å². The Morgan fingerprint density at radius 2 is 1.48 bits per heavy atom. The fourth-order valence-corrected chi connectivity index (χ4v) is 4.76. The molecule has 0 bridgehead atoms. The van der Waals surface area contributed by atoms with E-state index in [1.807, 2.05) is 0 Å². The van der Waals surface area contributed by atoms with Crippen molar-refractivity contribution in [2.75, 3.05) is 31.6 Å². The van der Waals surface area contributed by atoms with Gasteiger partial charge in [0.05, 0.1) is 11.1 Å². The molecule has 2 heterocycles. The quantitative estimate of drug-likeness (QED) is 0.456. The van der Waals surface area contributed by atoms with E-state index in [0.717, 1.165) is 0 Å². The van der Waals surface area contributed by atoms with Crippen LogP contribution in [0, 0.1) is 5.92 Å². The predicted octanol–water partition coefficient (Wildman–Crippen LogP) is 5.37. The molecule has 1 aromatic carbocycles. The number of amides is 3. The summed E-state index contributed by atoms with van der Waals surface area (Å²) in [7, 11) is 0. The number of likely N-dealkylation sites (tertiary alicyclic amines) is 1. The van der Waals surface area contributed by atoms with Crippen molar-refractivity contribution in [1.29, 1.82) is 0 Å². The van der Waals surface area contributed by atoms with Crippen LogP contribution >= 0.6 is 0 Å². The van der Waals surface area contributed by atoms with E-state index in [-0.39, 0.29) is 63.5 Å². The molecule has 0 atom stereocenters. The minimum atomic E-state index is -5.03. The number of nitrogens with one attached hydrogen (secondary N) is 2. The zero-order valence-corrected chi connectivity index (χ0v) is 22.4. The van der Waals surface area contributed by atoms with Gasteiger partial charge in [-0.05, 0) is 57.7 Å². The number of nitrogens with zero attached hydrogens (tertiary/aromatic N) is 1. The topological polar surface area (TPSA) is 97.0 Å². The van der Waals surface area contributed by atoms with Crippen LogP contribution in [-0.4, -0.2) is 60.3 Å². The van der Waals surface area contributed by atoms with Crippen LogP contribution in [-0.2, 0) is 31.4 Å². The van der Waals surface area contributed by atoms with Gasteiger partial charge in [-0.3, -0.25) is 9.59 Å². The molecular weight excluding hydrogens is 548 g/mol. The van der Waals surface area contributed by atoms with Crippen molar-refractivity contribution in [2.45, 2.75) is 76.4 Å². The first-order chi connectivity index (χ1) is 18.4. The maximum atomic E-state index is 13.5. The number of alkyl halides is 6. The molecule has 0 unspecified atom stereocenters. The Kier molecular flexibility index (Phi) is 9.32. The zero-order valence-electron chi connectivity index (χ0n) is 22.4. The minimum Gasteiger partial charge on any atom is -0.444 e. The van der Waals surface area contributed by atoms with Gasteiger partial charge in [0.1, 0.15) is 11.1 Å². The highest BCUT2D eigenvalue weighted by Crippen LogP contribution is 2.38. The lowest BCUT2D eigenvalue weighted by atomic mass is 9.86. The van der Waals surface area contributed by atoms with Crippen LogP contribution in [0.25, 0.3) is 0 Å². The molecule has 14 heteroatoms. The van der Waals surface area contributed by atoms with Gasteiger partial charge in [-0.15, -0.1) is 0 Å². The first-order valence-electron chi connectivity index (χ1n) is 12.9. The van der Waals surface area contributed by atoms with Crippen LogP contribution in [0.2, 0.25) is 0 Å². The molecule has 0 saturated carbocycles. The molecule has 0 radical (unpaired) electrons. The summed E-state index contributed by atoms with van der Waals surface area (Å²) in [5.74, 6) is -1.28. The van der Waals surface area contributed by atoms with Gasteiger partial charge < -0.3 is 25.0 Å². The Hall–Kier alpha value is -3.03. The maximum absolute atomic E-state index is 13.5. The predicted molar refractivity (Wildman–Crippen MR) is 131 cm³/mol. The van der Waals surface area contributed by atoms with Gasteiger partial charge in [0.2, 0.25) is 11.8 Å². The van der Waals surface area contributed by atoms with E-state index in [9.17, 15) is 40.7 Å². The van der Waals surface area contributed by atoms with Gasteiger partial charge in [-0.2, -0.15) is 26.3 Å². The molecule has 1 aromatic rings. The molecule has 2 fully saturated rings. The third-order valence-corrected chi connectivity index (χ3v) is 6.74. The summed E-state index contributed by atoms with van der Waals surface area (Å²) in [6.07, 6.45) is -9.65. The molecular formula is C26H33F6N3O5. The molecule has 0 spiro atoms. The molecule has 2 N–H and O–H groups in total. The van der Waals surface area contributed by atoms with Crippen LogP contribution in [0.5, 0.6) is 0 Å². The zero-order chi connectivity index (χ0) is 29.9. The van der Waals surface area contributed by atoms with Gasteiger partial charge >= 0.3 is 18.4 Å². The van der Waals surface area contributed by atoms with Crippen molar-refractivity contribution in [3.05, 3.63) is 29.3 Å². The van der Waals surface area contributed by atoms with Crippen molar-refractivity contribution >= 4 is 23.6 Å². The van der Waals surface area contributed by atoms with Crippen LogP contribution in [0.1, 0.15) is 64.0 Å². The lowest BCUT2D eigenvalue weighted by molar-refractivity contribution is -0.144. The molecule has 2 aliphatic heterocycles. The van der Waals surface area contributed by atoms with Crippen LogP contribution < -0.4 is 10.6 Å². The second-order valence-corrected chi connectivity index (χ2v) is 11.1. The Labute approximate surface area is 227 Å². The number of anilines is 1. The summed E-state index contributed by atoms with van der Waals surface area (Å²) in [4.78, 5) is 40.1. The lowest BCUT2D eigenvalue weighted by Crippen LogP contribution is -2.63. The number of benzene rings is 1. The summed E-state index contributed by atoms with van der Waals surface area (Å²) in [5.41, 5.74) is -5.61. The molecule has 224 valence electrons. The number of ether oxygens (including phenoxy) is 2. The van der Waals surface area contributed by atoms with E-state index in [1.54, 1.807) is 25.7 Å². The third kappa shape index (κ3) is 8.48. The van der Waals surface area contributed by atoms with E-state index in [0.29, 0.717) is 25.0 Å². The molecule has 2 saturated heterocycles. The first kappa shape index (κ1) is 31.5. The SMILES string of the molecule is CC(C)(C)OC(=O)NC1(C(=O)N2CCC(CC(=O)Nc3cc(C(F)(F)F)cc(C(F)(F)F)c3)CC2)CCOCC1. The molecule has 0 aliphatic carbocycles. The number of hydrogen-bond acceptors (Lipinski definition) is 5. The summed E-state index contributed by atoms with van der Waals surface area (Å²) >= 11 is 0. The normalized spacial score (nSPS) is 18.7. The molecule has 3 rings (SSSR count). The number of alkyl carbamates (subject to hydrolysis) is 1. The van der Waals surface area contributed by atoms with E-state index >= 15 is 0 Å². The van der Waals surface area contributed by atoms with Gasteiger partial charge in [-0.1, -0.05) is 0 Å². The first-order valence-corrected chi connectivity index (χ1v) is 12.9. The lowest BCUT2D eigenvalue weighted by Gasteiger charge is -2.42. The van der Waals surface area contributed by atoms with Gasteiger partial charge in [0, 0.05) is 51.3 Å². The van der Waals surface area contributed by atoms with E-state index < -0.39 is 52.3 Å². The van der Waals surface area contributed by atoms with Gasteiger partial charge in [-0.25, -0.2) is 4.79 Å². The monoisotopic (exact) mass is 581 g/mol. The number of carbonyl (C=O) groups excluding carboxylic acids is 3. The summed E-state index contributed by atoms with van der Waals surface area (Å²) < 4.78 is 89.3. The Balaban J connectivity index is 1.61. The Morgan fingerprint density at radius 1 is 0.950 bits per heavy atom.